The van der Waals surface area contributed by atoms with Crippen LogP contribution in [0.25, 0.3) is 5.65 Å². The van der Waals surface area contributed by atoms with Crippen LogP contribution >= 0.6 is 11.6 Å². The van der Waals surface area contributed by atoms with Crippen LogP contribution in [0.5, 0.6) is 0 Å². The van der Waals surface area contributed by atoms with Crippen LogP contribution in [-0.2, 0) is 6.42 Å². The van der Waals surface area contributed by atoms with Gasteiger partial charge in [0.15, 0.2) is 5.65 Å². The molecule has 2 aromatic heterocycles. The van der Waals surface area contributed by atoms with Crippen molar-refractivity contribution in [2.45, 2.75) is 6.42 Å². The van der Waals surface area contributed by atoms with Gasteiger partial charge in [0.05, 0.1) is 5.02 Å². The minimum atomic E-state index is -0.376. The van der Waals surface area contributed by atoms with Crippen molar-refractivity contribution in [2.24, 2.45) is 5.73 Å². The third-order valence-corrected chi connectivity index (χ3v) is 2.28. The van der Waals surface area contributed by atoms with Gasteiger partial charge in [0.25, 0.3) is 0 Å². The van der Waals surface area contributed by atoms with Crippen molar-refractivity contribution >= 4 is 17.2 Å². The first-order chi connectivity index (χ1) is 6.72. The molecule has 0 fully saturated rings. The summed E-state index contributed by atoms with van der Waals surface area (Å²) in [7, 11) is 0. The van der Waals surface area contributed by atoms with Gasteiger partial charge in [0, 0.05) is 24.5 Å². The predicted molar refractivity (Wildman–Crippen MR) is 52.9 cm³/mol. The lowest BCUT2D eigenvalue weighted by Crippen LogP contribution is -2.05. The fourth-order valence-electron chi connectivity index (χ4n) is 1.40. The molecule has 5 heteroatoms. The number of imidazole rings is 1. The Balaban J connectivity index is 2.66. The van der Waals surface area contributed by atoms with E-state index in [4.69, 9.17) is 17.3 Å². The van der Waals surface area contributed by atoms with E-state index in [0.717, 1.165) is 5.69 Å². The number of aromatic nitrogens is 2. The van der Waals surface area contributed by atoms with E-state index in [2.05, 4.69) is 4.98 Å². The van der Waals surface area contributed by atoms with Gasteiger partial charge < -0.3 is 5.73 Å². The standard InChI is InChI=1S/C9H9ClFN3/c10-8-3-6(11)5-14-7(1-2-12)4-13-9(8)14/h3-5H,1-2,12H2. The van der Waals surface area contributed by atoms with E-state index in [9.17, 15) is 4.39 Å². The van der Waals surface area contributed by atoms with Crippen molar-refractivity contribution in [3.63, 3.8) is 0 Å². The van der Waals surface area contributed by atoms with Crippen LogP contribution in [0, 0.1) is 5.82 Å². The maximum absolute atomic E-state index is 13.0. The van der Waals surface area contributed by atoms with Crippen molar-refractivity contribution in [3.8, 4) is 0 Å². The minimum absolute atomic E-state index is 0.313. The lowest BCUT2D eigenvalue weighted by Gasteiger charge is -2.00. The molecular formula is C9H9ClFN3. The third-order valence-electron chi connectivity index (χ3n) is 2.00. The van der Waals surface area contributed by atoms with Gasteiger partial charge >= 0.3 is 0 Å². The Morgan fingerprint density at radius 1 is 1.57 bits per heavy atom. The van der Waals surface area contributed by atoms with Crippen LogP contribution < -0.4 is 5.73 Å². The number of hydrogen-bond donors (Lipinski definition) is 1. The van der Waals surface area contributed by atoms with Crippen molar-refractivity contribution < 1.29 is 4.39 Å². The molecule has 0 aliphatic rings. The van der Waals surface area contributed by atoms with Crippen molar-refractivity contribution in [2.75, 3.05) is 6.54 Å². The topological polar surface area (TPSA) is 43.3 Å². The number of nitrogens with two attached hydrogens (primary N) is 1. The van der Waals surface area contributed by atoms with Gasteiger partial charge in [0.2, 0.25) is 0 Å². The SMILES string of the molecule is NCCc1cnc2c(Cl)cc(F)cn12. The Bertz CT molecular complexity index is 466. The van der Waals surface area contributed by atoms with Crippen LogP contribution in [0.4, 0.5) is 4.39 Å². The highest BCUT2D eigenvalue weighted by atomic mass is 35.5. The van der Waals surface area contributed by atoms with Crippen LogP contribution in [0.3, 0.4) is 0 Å². The lowest BCUT2D eigenvalue weighted by atomic mass is 10.3. The Morgan fingerprint density at radius 2 is 2.36 bits per heavy atom. The summed E-state index contributed by atoms with van der Waals surface area (Å²) in [6, 6.07) is 1.25. The Hall–Kier alpha value is -1.13. The van der Waals surface area contributed by atoms with Gasteiger partial charge in [0.1, 0.15) is 5.82 Å². The molecule has 0 atom stereocenters. The monoisotopic (exact) mass is 213 g/mol. The van der Waals surface area contributed by atoms with E-state index in [1.54, 1.807) is 10.6 Å². The lowest BCUT2D eigenvalue weighted by molar-refractivity contribution is 0.617. The summed E-state index contributed by atoms with van der Waals surface area (Å²) in [5.41, 5.74) is 6.85. The zero-order valence-corrected chi connectivity index (χ0v) is 8.13. The van der Waals surface area contributed by atoms with Crippen LogP contribution in [0.2, 0.25) is 5.02 Å². The first-order valence-electron chi connectivity index (χ1n) is 4.23. The van der Waals surface area contributed by atoms with Gasteiger partial charge in [-0.1, -0.05) is 11.6 Å². The molecule has 0 aromatic carbocycles. The Morgan fingerprint density at radius 3 is 3.07 bits per heavy atom. The molecule has 0 spiro atoms. The van der Waals surface area contributed by atoms with Crippen molar-refractivity contribution in [1.29, 1.82) is 0 Å². The summed E-state index contributed by atoms with van der Waals surface area (Å²) in [6.45, 7) is 0.502. The number of nitrogens with zero attached hydrogens (tertiary/aromatic N) is 2. The van der Waals surface area contributed by atoms with E-state index in [-0.39, 0.29) is 5.82 Å². The molecule has 0 aliphatic heterocycles. The number of fused-ring (bicyclic) bond motifs is 1. The molecule has 0 radical (unpaired) electrons. The summed E-state index contributed by atoms with van der Waals surface area (Å²) in [5.74, 6) is -0.376. The maximum atomic E-state index is 13.0. The zero-order valence-electron chi connectivity index (χ0n) is 7.37. The molecule has 3 nitrogen and oxygen atoms in total. The van der Waals surface area contributed by atoms with E-state index in [1.165, 1.54) is 12.3 Å². The maximum Gasteiger partial charge on any atom is 0.155 e. The van der Waals surface area contributed by atoms with E-state index >= 15 is 0 Å². The third kappa shape index (κ3) is 1.47. The average molecular weight is 214 g/mol. The average Bonchev–Trinajstić information content (AvgIpc) is 2.49. The number of pyridine rings is 1. The van der Waals surface area contributed by atoms with E-state index in [1.807, 2.05) is 0 Å². The smallest absolute Gasteiger partial charge is 0.155 e. The first-order valence-corrected chi connectivity index (χ1v) is 4.61. The van der Waals surface area contributed by atoms with Gasteiger partial charge in [-0.15, -0.1) is 0 Å². The molecular weight excluding hydrogens is 205 g/mol. The summed E-state index contributed by atoms with van der Waals surface area (Å²) in [6.07, 6.45) is 3.67. The summed E-state index contributed by atoms with van der Waals surface area (Å²) >= 11 is 5.82. The molecule has 0 amide bonds. The van der Waals surface area contributed by atoms with Crippen LogP contribution in [0.15, 0.2) is 18.5 Å². The molecule has 74 valence electrons. The summed E-state index contributed by atoms with van der Waals surface area (Å²) in [5, 5.41) is 0.313. The second kappa shape index (κ2) is 3.55. The summed E-state index contributed by atoms with van der Waals surface area (Å²) < 4.78 is 14.7. The van der Waals surface area contributed by atoms with Gasteiger partial charge in [-0.3, -0.25) is 4.40 Å². The minimum Gasteiger partial charge on any atom is -0.330 e. The number of halogens is 2. The highest BCUT2D eigenvalue weighted by molar-refractivity contribution is 6.33. The summed E-state index contributed by atoms with van der Waals surface area (Å²) in [4.78, 5) is 4.09. The zero-order chi connectivity index (χ0) is 10.1. The van der Waals surface area contributed by atoms with Gasteiger partial charge in [-0.25, -0.2) is 9.37 Å². The Labute approximate surface area is 85.3 Å². The second-order valence-corrected chi connectivity index (χ2v) is 3.40. The van der Waals surface area contributed by atoms with Crippen LogP contribution in [-0.4, -0.2) is 15.9 Å². The normalized spacial score (nSPS) is 11.1. The fraction of sp³-hybridized carbons (Fsp3) is 0.222. The molecule has 0 bridgehead atoms. The molecule has 0 unspecified atom stereocenters. The predicted octanol–water partition coefficient (Wildman–Crippen LogP) is 1.63. The largest absolute Gasteiger partial charge is 0.330 e. The number of rotatable bonds is 2. The van der Waals surface area contributed by atoms with E-state index < -0.39 is 0 Å². The quantitative estimate of drug-likeness (QED) is 0.824. The molecule has 0 saturated carbocycles. The molecule has 2 rings (SSSR count). The molecule has 0 saturated heterocycles. The molecule has 2 aromatic rings. The van der Waals surface area contributed by atoms with Crippen LogP contribution in [0.1, 0.15) is 5.69 Å². The van der Waals surface area contributed by atoms with Gasteiger partial charge in [-0.05, 0) is 12.6 Å². The van der Waals surface area contributed by atoms with E-state index in [0.29, 0.717) is 23.6 Å². The Kier molecular flexibility index (Phi) is 2.39. The van der Waals surface area contributed by atoms with Crippen molar-refractivity contribution in [1.82, 2.24) is 9.38 Å². The highest BCUT2D eigenvalue weighted by Crippen LogP contribution is 2.18. The highest BCUT2D eigenvalue weighted by Gasteiger charge is 2.07. The number of hydrogen-bond acceptors (Lipinski definition) is 2. The van der Waals surface area contributed by atoms with Crippen molar-refractivity contribution in [3.05, 3.63) is 35.0 Å². The molecule has 14 heavy (non-hydrogen) atoms. The first kappa shape index (κ1) is 9.43. The molecule has 0 aliphatic carbocycles. The molecule has 2 N–H and O–H groups in total. The van der Waals surface area contributed by atoms with Gasteiger partial charge in [-0.2, -0.15) is 0 Å². The second-order valence-electron chi connectivity index (χ2n) is 2.99. The molecule has 2 heterocycles. The fourth-order valence-corrected chi connectivity index (χ4v) is 1.64.